The third kappa shape index (κ3) is 4.38. The minimum absolute atomic E-state index is 0.152. The molecule has 30 heavy (non-hydrogen) atoms. The molecule has 1 saturated heterocycles. The Balaban J connectivity index is 1.25. The lowest BCUT2D eigenvalue weighted by molar-refractivity contribution is -0.122. The van der Waals surface area contributed by atoms with Gasteiger partial charge in [-0.15, -0.1) is 0 Å². The number of para-hydroxylation sites is 1. The second-order valence-corrected chi connectivity index (χ2v) is 9.47. The number of benzene rings is 1. The Kier molecular flexibility index (Phi) is 5.27. The van der Waals surface area contributed by atoms with E-state index in [0.717, 1.165) is 51.2 Å². The Hall–Kier alpha value is -2.34. The first-order valence-electron chi connectivity index (χ1n) is 11.3. The summed E-state index contributed by atoms with van der Waals surface area (Å²) in [6, 6.07) is 8.32. The molecule has 160 valence electrons. The van der Waals surface area contributed by atoms with E-state index in [2.05, 4.69) is 39.7 Å². The van der Waals surface area contributed by atoms with Crippen LogP contribution >= 0.6 is 0 Å². The highest BCUT2D eigenvalue weighted by atomic mass is 16.5. The van der Waals surface area contributed by atoms with Crippen LogP contribution in [0.25, 0.3) is 0 Å². The number of aryl methyl sites for hydroxylation is 1. The van der Waals surface area contributed by atoms with E-state index < -0.39 is 0 Å². The summed E-state index contributed by atoms with van der Waals surface area (Å²) in [5.41, 5.74) is 2.30. The molecule has 2 fully saturated rings. The number of piperidine rings is 1. The lowest BCUT2D eigenvalue weighted by Gasteiger charge is -2.47. The normalized spacial score (nSPS) is 23.0. The fourth-order valence-electron chi connectivity index (χ4n) is 5.04. The molecule has 1 aromatic heterocycles. The van der Waals surface area contributed by atoms with E-state index in [1.54, 1.807) is 0 Å². The third-order valence-electron chi connectivity index (χ3n) is 6.95. The molecule has 1 spiro atoms. The Morgan fingerprint density at radius 2 is 2.07 bits per heavy atom. The molecule has 1 N–H and O–H groups in total. The zero-order chi connectivity index (χ0) is 20.6. The van der Waals surface area contributed by atoms with Gasteiger partial charge in [0.2, 0.25) is 5.91 Å². The van der Waals surface area contributed by atoms with Crippen LogP contribution < -0.4 is 10.1 Å². The summed E-state index contributed by atoms with van der Waals surface area (Å²) < 4.78 is 8.47. The van der Waals surface area contributed by atoms with E-state index >= 15 is 0 Å². The van der Waals surface area contributed by atoms with Crippen molar-refractivity contribution < 1.29 is 9.53 Å². The number of aromatic nitrogens is 2. The van der Waals surface area contributed by atoms with Gasteiger partial charge in [0.1, 0.15) is 11.4 Å². The molecule has 1 saturated carbocycles. The van der Waals surface area contributed by atoms with Crippen molar-refractivity contribution in [2.45, 2.75) is 56.6 Å². The van der Waals surface area contributed by atoms with E-state index in [-0.39, 0.29) is 17.4 Å². The van der Waals surface area contributed by atoms with Crippen LogP contribution in [0.2, 0.25) is 0 Å². The number of rotatable bonds is 6. The van der Waals surface area contributed by atoms with Gasteiger partial charge in [0.15, 0.2) is 0 Å². The second-order valence-electron chi connectivity index (χ2n) is 9.47. The van der Waals surface area contributed by atoms with Gasteiger partial charge >= 0.3 is 0 Å². The van der Waals surface area contributed by atoms with Crippen molar-refractivity contribution in [2.24, 2.45) is 13.0 Å². The van der Waals surface area contributed by atoms with Gasteiger partial charge in [-0.2, -0.15) is 5.10 Å². The molecule has 3 aliphatic rings. The first kappa shape index (κ1) is 19.6. The standard InChI is InChI=1S/C24H32N4O2/c1-27-16-19(15-26-27)17-28-10-8-24(9-11-28)13-20(12-23(29)25-14-18-6-7-18)21-4-2-3-5-22(21)30-24/h2-5,15-16,18,20H,6-14,17H2,1H3,(H,25,29)/t20-/m0/s1. The van der Waals surface area contributed by atoms with E-state index in [9.17, 15) is 4.79 Å². The summed E-state index contributed by atoms with van der Waals surface area (Å²) in [5, 5.41) is 7.44. The molecule has 0 unspecified atom stereocenters. The lowest BCUT2D eigenvalue weighted by atomic mass is 9.76. The second kappa shape index (κ2) is 8.06. The zero-order valence-electron chi connectivity index (χ0n) is 17.8. The maximum Gasteiger partial charge on any atom is 0.220 e. The van der Waals surface area contributed by atoms with Crippen LogP contribution in [-0.4, -0.2) is 45.8 Å². The largest absolute Gasteiger partial charge is 0.487 e. The molecule has 2 aliphatic heterocycles. The Morgan fingerprint density at radius 3 is 2.80 bits per heavy atom. The predicted molar refractivity (Wildman–Crippen MR) is 115 cm³/mol. The van der Waals surface area contributed by atoms with Crippen molar-refractivity contribution >= 4 is 5.91 Å². The number of likely N-dealkylation sites (tertiary alicyclic amines) is 1. The molecular formula is C24H32N4O2. The molecule has 6 heteroatoms. The van der Waals surface area contributed by atoms with Gasteiger partial charge in [-0.3, -0.25) is 14.4 Å². The Bertz CT molecular complexity index is 896. The van der Waals surface area contributed by atoms with Crippen LogP contribution in [0.15, 0.2) is 36.7 Å². The van der Waals surface area contributed by atoms with Gasteiger partial charge in [-0.1, -0.05) is 18.2 Å². The van der Waals surface area contributed by atoms with E-state index in [1.807, 2.05) is 24.0 Å². The molecular weight excluding hydrogens is 376 g/mol. The number of hydrogen-bond donors (Lipinski definition) is 1. The summed E-state index contributed by atoms with van der Waals surface area (Å²) >= 11 is 0. The molecule has 1 aliphatic carbocycles. The molecule has 1 aromatic carbocycles. The summed E-state index contributed by atoms with van der Waals surface area (Å²) in [4.78, 5) is 15.1. The molecule has 1 atom stereocenters. The number of nitrogens with one attached hydrogen (secondary N) is 1. The molecule has 3 heterocycles. The van der Waals surface area contributed by atoms with Gasteiger partial charge in [-0.25, -0.2) is 0 Å². The zero-order valence-corrected chi connectivity index (χ0v) is 17.8. The van der Waals surface area contributed by atoms with Gasteiger partial charge in [0.05, 0.1) is 6.20 Å². The third-order valence-corrected chi connectivity index (χ3v) is 6.95. The number of ether oxygens (including phenoxy) is 1. The average molecular weight is 409 g/mol. The average Bonchev–Trinajstić information content (AvgIpc) is 3.49. The number of hydrogen-bond acceptors (Lipinski definition) is 4. The maximum absolute atomic E-state index is 12.6. The number of carbonyl (C=O) groups is 1. The van der Waals surface area contributed by atoms with Crippen molar-refractivity contribution in [2.75, 3.05) is 19.6 Å². The summed E-state index contributed by atoms with van der Waals surface area (Å²) in [7, 11) is 1.96. The summed E-state index contributed by atoms with van der Waals surface area (Å²) in [6.07, 6.45) is 10.1. The molecule has 2 aromatic rings. The lowest BCUT2D eigenvalue weighted by Crippen LogP contribution is -2.50. The van der Waals surface area contributed by atoms with Crippen molar-refractivity contribution in [1.82, 2.24) is 20.0 Å². The smallest absolute Gasteiger partial charge is 0.220 e. The number of amides is 1. The highest BCUT2D eigenvalue weighted by Gasteiger charge is 2.43. The van der Waals surface area contributed by atoms with Crippen LogP contribution in [0.4, 0.5) is 0 Å². The number of fused-ring (bicyclic) bond motifs is 1. The number of nitrogens with zero attached hydrogens (tertiary/aromatic N) is 3. The van der Waals surface area contributed by atoms with Crippen LogP contribution in [0.5, 0.6) is 5.75 Å². The van der Waals surface area contributed by atoms with Crippen molar-refractivity contribution in [3.8, 4) is 5.75 Å². The quantitative estimate of drug-likeness (QED) is 0.797. The van der Waals surface area contributed by atoms with Gasteiger partial charge < -0.3 is 10.1 Å². The van der Waals surface area contributed by atoms with Crippen LogP contribution in [-0.2, 0) is 18.4 Å². The van der Waals surface area contributed by atoms with Crippen LogP contribution in [0.1, 0.15) is 55.6 Å². The minimum atomic E-state index is -0.152. The van der Waals surface area contributed by atoms with E-state index in [1.165, 1.54) is 24.0 Å². The van der Waals surface area contributed by atoms with Crippen molar-refractivity contribution in [1.29, 1.82) is 0 Å². The monoisotopic (exact) mass is 408 g/mol. The predicted octanol–water partition coefficient (Wildman–Crippen LogP) is 3.24. The highest BCUT2D eigenvalue weighted by molar-refractivity contribution is 5.77. The maximum atomic E-state index is 12.6. The molecule has 5 rings (SSSR count). The SMILES string of the molecule is Cn1cc(CN2CCC3(CC2)C[C@H](CC(=O)NCC2CC2)c2ccccc2O3)cn1. The fourth-order valence-corrected chi connectivity index (χ4v) is 5.04. The van der Waals surface area contributed by atoms with Gasteiger partial charge in [0.25, 0.3) is 0 Å². The summed E-state index contributed by atoms with van der Waals surface area (Å²) in [5.74, 6) is 2.11. The van der Waals surface area contributed by atoms with Gasteiger partial charge in [-0.05, 0) is 49.7 Å². The van der Waals surface area contributed by atoms with Gasteiger partial charge in [0, 0.05) is 57.3 Å². The first-order chi connectivity index (χ1) is 14.6. The Labute approximate surface area is 178 Å². The molecule has 0 radical (unpaired) electrons. The van der Waals surface area contributed by atoms with E-state index in [0.29, 0.717) is 12.3 Å². The first-order valence-corrected chi connectivity index (χ1v) is 11.3. The highest BCUT2D eigenvalue weighted by Crippen LogP contribution is 2.46. The van der Waals surface area contributed by atoms with Crippen LogP contribution in [0, 0.1) is 5.92 Å². The molecule has 1 amide bonds. The van der Waals surface area contributed by atoms with E-state index in [4.69, 9.17) is 4.74 Å². The summed E-state index contributed by atoms with van der Waals surface area (Å²) in [6.45, 7) is 3.81. The van der Waals surface area contributed by atoms with Crippen LogP contribution in [0.3, 0.4) is 0 Å². The Morgan fingerprint density at radius 1 is 1.27 bits per heavy atom. The molecule has 0 bridgehead atoms. The van der Waals surface area contributed by atoms with Crippen molar-refractivity contribution in [3.63, 3.8) is 0 Å². The topological polar surface area (TPSA) is 59.4 Å². The fraction of sp³-hybridized carbons (Fsp3) is 0.583. The minimum Gasteiger partial charge on any atom is -0.487 e. The number of carbonyl (C=O) groups excluding carboxylic acids is 1. The molecule has 6 nitrogen and oxygen atoms in total. The van der Waals surface area contributed by atoms with Crippen molar-refractivity contribution in [3.05, 3.63) is 47.8 Å².